The van der Waals surface area contributed by atoms with Crippen LogP contribution in [0, 0.1) is 0 Å². The Morgan fingerprint density at radius 3 is 2.35 bits per heavy atom. The van der Waals surface area contributed by atoms with Crippen molar-refractivity contribution < 1.29 is 23.8 Å². The van der Waals surface area contributed by atoms with Gasteiger partial charge in [-0.1, -0.05) is 23.2 Å². The van der Waals surface area contributed by atoms with Crippen molar-refractivity contribution in [3.8, 4) is 11.5 Å². The summed E-state index contributed by atoms with van der Waals surface area (Å²) >= 11 is 12.2. The van der Waals surface area contributed by atoms with E-state index in [0.717, 1.165) is 5.56 Å². The van der Waals surface area contributed by atoms with Crippen molar-refractivity contribution in [2.75, 3.05) is 13.1 Å². The number of likely N-dealkylation sites (tertiary alicyclic amines) is 1. The van der Waals surface area contributed by atoms with Crippen LogP contribution in [0.2, 0.25) is 10.0 Å². The van der Waals surface area contributed by atoms with Crippen molar-refractivity contribution in [3.63, 3.8) is 0 Å². The number of amides is 1. The summed E-state index contributed by atoms with van der Waals surface area (Å²) in [6.07, 6.45) is 2.84. The van der Waals surface area contributed by atoms with E-state index in [1.807, 2.05) is 12.1 Å². The second-order valence-corrected chi connectivity index (χ2v) is 10.7. The van der Waals surface area contributed by atoms with Gasteiger partial charge in [-0.15, -0.1) is 0 Å². The quantitative estimate of drug-likeness (QED) is 0.325. The van der Waals surface area contributed by atoms with Gasteiger partial charge in [0.2, 0.25) is 0 Å². The molecule has 0 aliphatic carbocycles. The molecule has 1 amide bonds. The number of hydrogen-bond donors (Lipinski definition) is 0. The lowest BCUT2D eigenvalue weighted by atomic mass is 10.1. The van der Waals surface area contributed by atoms with Crippen molar-refractivity contribution in [3.05, 3.63) is 76.0 Å². The number of rotatable bonds is 6. The Bertz CT molecular complexity index is 1250. The van der Waals surface area contributed by atoms with Crippen LogP contribution in [0.25, 0.3) is 0 Å². The van der Waals surface area contributed by atoms with Crippen LogP contribution in [0.15, 0.2) is 54.7 Å². The third-order valence-corrected chi connectivity index (χ3v) is 6.04. The van der Waals surface area contributed by atoms with Gasteiger partial charge < -0.3 is 19.1 Å². The van der Waals surface area contributed by atoms with E-state index in [-0.39, 0.29) is 17.8 Å². The first kappa shape index (κ1) is 27.0. The molecule has 0 radical (unpaired) electrons. The minimum absolute atomic E-state index is 0.00129. The maximum absolute atomic E-state index is 12.8. The fraction of sp³-hybridized carbons (Fsp3) is 0.370. The molecule has 1 aromatic heterocycles. The van der Waals surface area contributed by atoms with E-state index in [4.69, 9.17) is 37.4 Å². The molecular formula is C27H29Cl2N3O5. The Balaban J connectivity index is 1.27. The van der Waals surface area contributed by atoms with E-state index < -0.39 is 11.6 Å². The highest BCUT2D eigenvalue weighted by atomic mass is 35.5. The summed E-state index contributed by atoms with van der Waals surface area (Å²) in [6.45, 7) is 6.74. The Morgan fingerprint density at radius 2 is 1.68 bits per heavy atom. The molecule has 0 saturated carbocycles. The fourth-order valence-electron chi connectivity index (χ4n) is 3.84. The molecule has 2 heterocycles. The van der Waals surface area contributed by atoms with Gasteiger partial charge in [-0.25, -0.2) is 9.59 Å². The van der Waals surface area contributed by atoms with Crippen LogP contribution in [-0.4, -0.2) is 51.5 Å². The third-order valence-electron chi connectivity index (χ3n) is 5.57. The van der Waals surface area contributed by atoms with E-state index >= 15 is 0 Å². The van der Waals surface area contributed by atoms with E-state index in [1.165, 1.54) is 16.9 Å². The van der Waals surface area contributed by atoms with Gasteiger partial charge in [0, 0.05) is 29.3 Å². The Morgan fingerprint density at radius 1 is 0.973 bits per heavy atom. The maximum Gasteiger partial charge on any atom is 0.359 e. The van der Waals surface area contributed by atoms with Crippen LogP contribution in [0.5, 0.6) is 11.5 Å². The largest absolute Gasteiger partial charge is 0.457 e. The first-order valence-electron chi connectivity index (χ1n) is 12.0. The average molecular weight is 546 g/mol. The molecule has 1 aliphatic rings. The first-order chi connectivity index (χ1) is 17.6. The average Bonchev–Trinajstić information content (AvgIpc) is 3.33. The number of carbonyl (C=O) groups excluding carboxylic acids is 2. The highest BCUT2D eigenvalue weighted by Crippen LogP contribution is 2.28. The lowest BCUT2D eigenvalue weighted by molar-refractivity contribution is 0.00427. The van der Waals surface area contributed by atoms with E-state index in [2.05, 4.69) is 5.10 Å². The summed E-state index contributed by atoms with van der Waals surface area (Å²) in [7, 11) is 0. The molecule has 2 aromatic carbocycles. The zero-order chi connectivity index (χ0) is 26.6. The van der Waals surface area contributed by atoms with Crippen molar-refractivity contribution in [2.24, 2.45) is 0 Å². The number of carbonyl (C=O) groups is 2. The van der Waals surface area contributed by atoms with Crippen LogP contribution >= 0.6 is 23.2 Å². The number of aromatic nitrogens is 2. The van der Waals surface area contributed by atoms with Gasteiger partial charge in [-0.2, -0.15) is 9.78 Å². The standard InChI is InChI=1S/C27H29Cl2N3O5/c1-27(2,3)37-25(33)24-10-13-32(30-24)26(34)31-11-8-21(9-12-31)35-17-18-14-20(29)16-23(15-18)36-22-6-4-19(28)5-7-22/h4-7,10,13-16,21H,8-9,11-12,17H2,1-3H3. The molecule has 1 aliphatic heterocycles. The maximum atomic E-state index is 12.8. The minimum atomic E-state index is -0.636. The Hall–Kier alpha value is -3.07. The van der Waals surface area contributed by atoms with Crippen LogP contribution in [0.3, 0.4) is 0 Å². The number of benzene rings is 2. The van der Waals surface area contributed by atoms with Crippen LogP contribution in [-0.2, 0) is 16.1 Å². The molecule has 0 bridgehead atoms. The fourth-order valence-corrected chi connectivity index (χ4v) is 4.22. The molecule has 1 saturated heterocycles. The Kier molecular flexibility index (Phi) is 8.42. The van der Waals surface area contributed by atoms with Gasteiger partial charge in [-0.05, 0) is 87.7 Å². The monoisotopic (exact) mass is 545 g/mol. The number of piperidine rings is 1. The predicted molar refractivity (Wildman–Crippen MR) is 141 cm³/mol. The summed E-state index contributed by atoms with van der Waals surface area (Å²) in [4.78, 5) is 26.7. The van der Waals surface area contributed by atoms with Gasteiger partial charge in [0.05, 0.1) is 12.7 Å². The van der Waals surface area contributed by atoms with Crippen molar-refractivity contribution >= 4 is 35.2 Å². The highest BCUT2D eigenvalue weighted by molar-refractivity contribution is 6.31. The van der Waals surface area contributed by atoms with Crippen LogP contribution in [0.4, 0.5) is 4.79 Å². The van der Waals surface area contributed by atoms with Gasteiger partial charge in [0.25, 0.3) is 0 Å². The van der Waals surface area contributed by atoms with Crippen molar-refractivity contribution in [2.45, 2.75) is 51.9 Å². The van der Waals surface area contributed by atoms with Gasteiger partial charge in [0.15, 0.2) is 5.69 Å². The topological polar surface area (TPSA) is 82.9 Å². The molecule has 196 valence electrons. The third kappa shape index (κ3) is 7.71. The number of ether oxygens (including phenoxy) is 3. The second-order valence-electron chi connectivity index (χ2n) is 9.78. The molecule has 0 atom stereocenters. The van der Waals surface area contributed by atoms with Crippen LogP contribution in [0.1, 0.15) is 49.7 Å². The number of hydrogen-bond acceptors (Lipinski definition) is 6. The highest BCUT2D eigenvalue weighted by Gasteiger charge is 2.26. The van der Waals surface area contributed by atoms with E-state index in [9.17, 15) is 9.59 Å². The smallest absolute Gasteiger partial charge is 0.359 e. The summed E-state index contributed by atoms with van der Waals surface area (Å²) < 4.78 is 18.5. The number of halogens is 2. The number of esters is 1. The molecule has 0 spiro atoms. The molecule has 3 aromatic rings. The molecule has 0 N–H and O–H groups in total. The second kappa shape index (κ2) is 11.5. The molecule has 10 heteroatoms. The first-order valence-corrected chi connectivity index (χ1v) is 12.7. The van der Waals surface area contributed by atoms with E-state index in [0.29, 0.717) is 54.1 Å². The molecule has 37 heavy (non-hydrogen) atoms. The summed E-state index contributed by atoms with van der Waals surface area (Å²) in [6, 6.07) is 13.8. The zero-order valence-electron chi connectivity index (χ0n) is 20.9. The normalized spacial score (nSPS) is 14.5. The number of nitrogens with zero attached hydrogens (tertiary/aromatic N) is 3. The molecular weight excluding hydrogens is 517 g/mol. The summed E-state index contributed by atoms with van der Waals surface area (Å²) in [5.41, 5.74) is 0.354. The van der Waals surface area contributed by atoms with Crippen molar-refractivity contribution in [1.29, 1.82) is 0 Å². The van der Waals surface area contributed by atoms with E-state index in [1.54, 1.807) is 56.0 Å². The van der Waals surface area contributed by atoms with Crippen LogP contribution < -0.4 is 4.74 Å². The minimum Gasteiger partial charge on any atom is -0.457 e. The summed E-state index contributed by atoms with van der Waals surface area (Å²) in [5, 5.41) is 5.29. The lowest BCUT2D eigenvalue weighted by Crippen LogP contribution is -2.43. The molecule has 4 rings (SSSR count). The predicted octanol–water partition coefficient (Wildman–Crippen LogP) is 6.59. The Labute approximate surface area is 226 Å². The van der Waals surface area contributed by atoms with Gasteiger partial charge >= 0.3 is 12.0 Å². The lowest BCUT2D eigenvalue weighted by Gasteiger charge is -2.31. The molecule has 8 nitrogen and oxygen atoms in total. The molecule has 0 unspecified atom stereocenters. The SMILES string of the molecule is CC(C)(C)OC(=O)c1ccn(C(=O)N2CCC(OCc3cc(Cl)cc(Oc4ccc(Cl)cc4)c3)CC2)n1. The summed E-state index contributed by atoms with van der Waals surface area (Å²) in [5.74, 6) is 0.707. The van der Waals surface area contributed by atoms with Crippen molar-refractivity contribution in [1.82, 2.24) is 14.7 Å². The zero-order valence-corrected chi connectivity index (χ0v) is 22.5. The van der Waals surface area contributed by atoms with Gasteiger partial charge in [0.1, 0.15) is 17.1 Å². The van der Waals surface area contributed by atoms with Gasteiger partial charge in [-0.3, -0.25) is 0 Å². The molecule has 1 fully saturated rings.